The molecule has 2 aromatic carbocycles. The number of aryl methyl sites for hydroxylation is 1. The highest BCUT2D eigenvalue weighted by molar-refractivity contribution is 7.89. The molecule has 1 fully saturated rings. The number of nitrogens with zero attached hydrogens (tertiary/aromatic N) is 5. The van der Waals surface area contributed by atoms with Crippen molar-refractivity contribution in [1.82, 2.24) is 29.3 Å². The molecule has 182 valence electrons. The third-order valence-electron chi connectivity index (χ3n) is 6.31. The molecule has 35 heavy (non-hydrogen) atoms. The normalized spacial score (nSPS) is 17.0. The number of piperidine rings is 1. The van der Waals surface area contributed by atoms with E-state index in [1.54, 1.807) is 28.9 Å². The quantitative estimate of drug-likeness (QED) is 0.437. The van der Waals surface area contributed by atoms with Crippen LogP contribution in [0.1, 0.15) is 35.7 Å². The number of rotatable bonds is 6. The van der Waals surface area contributed by atoms with Crippen LogP contribution in [0.3, 0.4) is 0 Å². The van der Waals surface area contributed by atoms with Crippen molar-refractivity contribution in [3.63, 3.8) is 0 Å². The minimum absolute atomic E-state index is 0.166. The third kappa shape index (κ3) is 4.56. The zero-order chi connectivity index (χ0) is 24.6. The van der Waals surface area contributed by atoms with E-state index in [1.165, 1.54) is 11.4 Å². The monoisotopic (exact) mass is 494 g/mol. The first-order chi connectivity index (χ1) is 16.8. The lowest BCUT2D eigenvalue weighted by Crippen LogP contribution is -2.39. The van der Waals surface area contributed by atoms with E-state index in [-0.39, 0.29) is 28.4 Å². The third-order valence-corrected chi connectivity index (χ3v) is 8.19. The van der Waals surface area contributed by atoms with Crippen molar-refractivity contribution in [2.45, 2.75) is 37.1 Å². The molecule has 1 saturated heterocycles. The van der Waals surface area contributed by atoms with Gasteiger partial charge in [0, 0.05) is 19.0 Å². The van der Waals surface area contributed by atoms with Crippen molar-refractivity contribution in [3.8, 4) is 5.75 Å². The topological polar surface area (TPSA) is 123 Å². The standard InChI is InChI=1S/C24H26N6O4S/c1-16-5-7-17(8-6-16)14-30-23-21(27-28-30)24(31)26-22(25-23)18-4-3-13-29(15-18)35(32,33)20-11-9-19(34-2)10-12-20/h5-12,18H,3-4,13-15H2,1-2H3,(H,25,26,31)/t18-/m1/s1. The van der Waals surface area contributed by atoms with Crippen LogP contribution in [-0.4, -0.2) is 57.9 Å². The minimum atomic E-state index is -3.69. The summed E-state index contributed by atoms with van der Waals surface area (Å²) in [6.45, 7) is 3.08. The van der Waals surface area contributed by atoms with Crippen molar-refractivity contribution < 1.29 is 13.2 Å². The highest BCUT2D eigenvalue weighted by Gasteiger charge is 2.32. The summed E-state index contributed by atoms with van der Waals surface area (Å²) in [5.74, 6) is 0.785. The number of benzene rings is 2. The van der Waals surface area contributed by atoms with Crippen LogP contribution in [0.2, 0.25) is 0 Å². The molecule has 0 spiro atoms. The Kier molecular flexibility index (Phi) is 6.12. The lowest BCUT2D eigenvalue weighted by atomic mass is 9.99. The summed E-state index contributed by atoms with van der Waals surface area (Å²) in [6, 6.07) is 14.4. The zero-order valence-electron chi connectivity index (χ0n) is 19.5. The van der Waals surface area contributed by atoms with Crippen LogP contribution in [-0.2, 0) is 16.6 Å². The van der Waals surface area contributed by atoms with Crippen LogP contribution in [0.25, 0.3) is 11.2 Å². The largest absolute Gasteiger partial charge is 0.497 e. The van der Waals surface area contributed by atoms with Gasteiger partial charge in [-0.05, 0) is 49.6 Å². The van der Waals surface area contributed by atoms with E-state index in [0.717, 1.165) is 11.1 Å². The second-order valence-corrected chi connectivity index (χ2v) is 10.7. The molecule has 0 aliphatic carbocycles. The molecule has 1 aliphatic heterocycles. The Labute approximate surface area is 202 Å². The van der Waals surface area contributed by atoms with Crippen LogP contribution in [0.4, 0.5) is 0 Å². The summed E-state index contributed by atoms with van der Waals surface area (Å²) in [6.07, 6.45) is 1.37. The fraction of sp³-hybridized carbons (Fsp3) is 0.333. The molecule has 11 heteroatoms. The number of sulfonamides is 1. The number of hydrogen-bond acceptors (Lipinski definition) is 7. The van der Waals surface area contributed by atoms with E-state index in [2.05, 4.69) is 20.3 Å². The maximum Gasteiger partial charge on any atom is 0.281 e. The second kappa shape index (κ2) is 9.23. The molecule has 5 rings (SSSR count). The highest BCUT2D eigenvalue weighted by atomic mass is 32.2. The number of aromatic nitrogens is 5. The number of hydrogen-bond donors (Lipinski definition) is 1. The number of aromatic amines is 1. The highest BCUT2D eigenvalue weighted by Crippen LogP contribution is 2.29. The van der Waals surface area contributed by atoms with Gasteiger partial charge in [-0.25, -0.2) is 18.1 Å². The van der Waals surface area contributed by atoms with Gasteiger partial charge in [-0.1, -0.05) is 35.0 Å². The fourth-order valence-electron chi connectivity index (χ4n) is 4.33. The first-order valence-electron chi connectivity index (χ1n) is 11.4. The Hall–Kier alpha value is -3.57. The first kappa shape index (κ1) is 23.2. The molecular weight excluding hydrogens is 468 g/mol. The van der Waals surface area contributed by atoms with Gasteiger partial charge >= 0.3 is 0 Å². The molecule has 0 unspecified atom stereocenters. The van der Waals surface area contributed by atoms with Crippen LogP contribution in [0.15, 0.2) is 58.2 Å². The lowest BCUT2D eigenvalue weighted by molar-refractivity contribution is 0.309. The van der Waals surface area contributed by atoms with Gasteiger partial charge in [0.05, 0.1) is 18.6 Å². The molecule has 4 aromatic rings. The van der Waals surface area contributed by atoms with E-state index < -0.39 is 10.0 Å². The van der Waals surface area contributed by atoms with Crippen LogP contribution >= 0.6 is 0 Å². The van der Waals surface area contributed by atoms with Gasteiger partial charge in [-0.3, -0.25) is 4.79 Å². The van der Waals surface area contributed by atoms with Crippen molar-refractivity contribution in [2.24, 2.45) is 0 Å². The van der Waals surface area contributed by atoms with Crippen molar-refractivity contribution in [2.75, 3.05) is 20.2 Å². The van der Waals surface area contributed by atoms with E-state index in [4.69, 9.17) is 4.74 Å². The molecule has 0 radical (unpaired) electrons. The van der Waals surface area contributed by atoms with Gasteiger partial charge in [-0.15, -0.1) is 5.10 Å². The van der Waals surface area contributed by atoms with Crippen LogP contribution < -0.4 is 10.3 Å². The lowest BCUT2D eigenvalue weighted by Gasteiger charge is -2.31. The summed E-state index contributed by atoms with van der Waals surface area (Å²) in [7, 11) is -2.16. The minimum Gasteiger partial charge on any atom is -0.497 e. The van der Waals surface area contributed by atoms with Crippen molar-refractivity contribution in [3.05, 3.63) is 75.8 Å². The van der Waals surface area contributed by atoms with Crippen molar-refractivity contribution in [1.29, 1.82) is 0 Å². The number of ether oxygens (including phenoxy) is 1. The zero-order valence-corrected chi connectivity index (χ0v) is 20.3. The maximum absolute atomic E-state index is 13.3. The SMILES string of the molecule is COc1ccc(S(=O)(=O)N2CCC[C@@H](c3nc4c(nnn4Cc4ccc(C)cc4)c(=O)[nH]3)C2)cc1. The average Bonchev–Trinajstić information content (AvgIpc) is 3.28. The number of methoxy groups -OCH3 is 1. The van der Waals surface area contributed by atoms with Gasteiger partial charge in [0.25, 0.3) is 5.56 Å². The first-order valence-corrected chi connectivity index (χ1v) is 12.8. The molecule has 2 aromatic heterocycles. The summed E-state index contributed by atoms with van der Waals surface area (Å²) in [5.41, 5.74) is 2.34. The summed E-state index contributed by atoms with van der Waals surface area (Å²) in [5, 5.41) is 8.15. The Morgan fingerprint density at radius 2 is 1.86 bits per heavy atom. The summed E-state index contributed by atoms with van der Waals surface area (Å²) in [4.78, 5) is 20.5. The Balaban J connectivity index is 1.43. The van der Waals surface area contributed by atoms with E-state index in [0.29, 0.717) is 43.2 Å². The smallest absolute Gasteiger partial charge is 0.281 e. The van der Waals surface area contributed by atoms with Crippen LogP contribution in [0, 0.1) is 6.92 Å². The van der Waals surface area contributed by atoms with E-state index >= 15 is 0 Å². The Morgan fingerprint density at radius 1 is 1.11 bits per heavy atom. The van der Waals surface area contributed by atoms with Gasteiger partial charge in [0.2, 0.25) is 10.0 Å². The Morgan fingerprint density at radius 3 is 2.57 bits per heavy atom. The molecular formula is C24H26N6O4S. The van der Waals surface area contributed by atoms with Crippen molar-refractivity contribution >= 4 is 21.2 Å². The molecule has 0 bridgehead atoms. The Bertz CT molecular complexity index is 1510. The maximum atomic E-state index is 13.3. The molecule has 10 nitrogen and oxygen atoms in total. The molecule has 3 heterocycles. The fourth-order valence-corrected chi connectivity index (χ4v) is 5.85. The van der Waals surface area contributed by atoms with Gasteiger partial charge in [0.15, 0.2) is 11.2 Å². The number of fused-ring (bicyclic) bond motifs is 1. The molecule has 1 N–H and O–H groups in total. The average molecular weight is 495 g/mol. The summed E-state index contributed by atoms with van der Waals surface area (Å²) < 4.78 is 34.7. The van der Waals surface area contributed by atoms with Gasteiger partial charge in [-0.2, -0.15) is 4.31 Å². The molecule has 1 aliphatic rings. The van der Waals surface area contributed by atoms with E-state index in [1.807, 2.05) is 31.2 Å². The second-order valence-electron chi connectivity index (χ2n) is 8.73. The number of H-pyrrole nitrogens is 1. The molecule has 0 amide bonds. The van der Waals surface area contributed by atoms with Crippen LogP contribution in [0.5, 0.6) is 5.75 Å². The summed E-state index contributed by atoms with van der Waals surface area (Å²) >= 11 is 0. The molecule has 1 atom stereocenters. The van der Waals surface area contributed by atoms with Gasteiger partial charge in [0.1, 0.15) is 11.6 Å². The van der Waals surface area contributed by atoms with Gasteiger partial charge < -0.3 is 9.72 Å². The van der Waals surface area contributed by atoms with E-state index in [9.17, 15) is 13.2 Å². The number of nitrogens with one attached hydrogen (secondary N) is 1. The predicted octanol–water partition coefficient (Wildman–Crippen LogP) is 2.45. The molecule has 0 saturated carbocycles. The predicted molar refractivity (Wildman–Crippen MR) is 130 cm³/mol.